The fourth-order valence-corrected chi connectivity index (χ4v) is 3.28. The summed E-state index contributed by atoms with van der Waals surface area (Å²) in [4.78, 5) is 10.5. The SMILES string of the molecule is O=[N+]([O-])c1cc2c(cc1Cl)c(I)nn2C1CCCCO1. The third-order valence-corrected chi connectivity index (χ3v) is 4.45. The molecular formula is C12H11ClIN3O3. The number of ether oxygens (including phenoxy) is 1. The number of hydrogen-bond donors (Lipinski definition) is 0. The van der Waals surface area contributed by atoms with E-state index < -0.39 is 4.92 Å². The molecule has 1 aromatic carbocycles. The summed E-state index contributed by atoms with van der Waals surface area (Å²) in [6, 6.07) is 3.08. The molecule has 8 heteroatoms. The minimum atomic E-state index is -0.478. The van der Waals surface area contributed by atoms with E-state index in [0.717, 1.165) is 28.3 Å². The summed E-state index contributed by atoms with van der Waals surface area (Å²) < 4.78 is 8.21. The first-order chi connectivity index (χ1) is 9.58. The number of hydrogen-bond acceptors (Lipinski definition) is 4. The van der Waals surface area contributed by atoms with Gasteiger partial charge in [-0.15, -0.1) is 0 Å². The van der Waals surface area contributed by atoms with Crippen LogP contribution in [-0.2, 0) is 4.74 Å². The van der Waals surface area contributed by atoms with Crippen molar-refractivity contribution >= 4 is 50.8 Å². The topological polar surface area (TPSA) is 70.2 Å². The zero-order chi connectivity index (χ0) is 14.3. The number of fused-ring (bicyclic) bond motifs is 1. The van der Waals surface area contributed by atoms with Gasteiger partial charge in [0.15, 0.2) is 6.23 Å². The Morgan fingerprint density at radius 3 is 2.95 bits per heavy atom. The molecule has 20 heavy (non-hydrogen) atoms. The van der Waals surface area contributed by atoms with Gasteiger partial charge in [-0.25, -0.2) is 4.68 Å². The molecule has 1 saturated heterocycles. The van der Waals surface area contributed by atoms with Gasteiger partial charge in [0, 0.05) is 18.1 Å². The van der Waals surface area contributed by atoms with E-state index in [1.165, 1.54) is 6.07 Å². The molecule has 1 fully saturated rings. The first-order valence-electron chi connectivity index (χ1n) is 6.21. The maximum absolute atomic E-state index is 11.0. The summed E-state index contributed by atoms with van der Waals surface area (Å²) >= 11 is 8.06. The van der Waals surface area contributed by atoms with Crippen LogP contribution in [-0.4, -0.2) is 21.3 Å². The molecule has 1 aliphatic heterocycles. The number of nitro groups is 1. The molecule has 2 aromatic rings. The predicted molar refractivity (Wildman–Crippen MR) is 83.0 cm³/mol. The molecule has 2 heterocycles. The zero-order valence-electron chi connectivity index (χ0n) is 10.4. The lowest BCUT2D eigenvalue weighted by molar-refractivity contribution is -0.384. The lowest BCUT2D eigenvalue weighted by Crippen LogP contribution is -2.19. The third kappa shape index (κ3) is 2.38. The van der Waals surface area contributed by atoms with Crippen molar-refractivity contribution in [2.75, 3.05) is 6.61 Å². The van der Waals surface area contributed by atoms with Crippen LogP contribution >= 0.6 is 34.2 Å². The second-order valence-electron chi connectivity index (χ2n) is 4.63. The van der Waals surface area contributed by atoms with E-state index in [0.29, 0.717) is 12.1 Å². The van der Waals surface area contributed by atoms with Crippen LogP contribution in [0.25, 0.3) is 10.9 Å². The number of nitrogens with zero attached hydrogens (tertiary/aromatic N) is 3. The van der Waals surface area contributed by atoms with E-state index in [4.69, 9.17) is 16.3 Å². The first kappa shape index (κ1) is 14.0. The van der Waals surface area contributed by atoms with Crippen molar-refractivity contribution in [2.45, 2.75) is 25.5 Å². The summed E-state index contributed by atoms with van der Waals surface area (Å²) in [5.74, 6) is 0. The highest BCUT2D eigenvalue weighted by Crippen LogP contribution is 2.34. The van der Waals surface area contributed by atoms with Crippen LogP contribution in [0.4, 0.5) is 5.69 Å². The van der Waals surface area contributed by atoms with Crippen LogP contribution < -0.4 is 0 Å². The van der Waals surface area contributed by atoms with Gasteiger partial charge >= 0.3 is 0 Å². The van der Waals surface area contributed by atoms with Gasteiger partial charge in [0.2, 0.25) is 0 Å². The maximum Gasteiger partial charge on any atom is 0.290 e. The molecule has 3 rings (SSSR count). The van der Waals surface area contributed by atoms with E-state index in [1.807, 2.05) is 0 Å². The largest absolute Gasteiger partial charge is 0.356 e. The van der Waals surface area contributed by atoms with Crippen LogP contribution in [0.15, 0.2) is 12.1 Å². The maximum atomic E-state index is 11.0. The van der Waals surface area contributed by atoms with Crippen LogP contribution in [0.2, 0.25) is 5.02 Å². The van der Waals surface area contributed by atoms with Gasteiger partial charge in [0.1, 0.15) is 8.72 Å². The predicted octanol–water partition coefficient (Wildman–Crippen LogP) is 3.90. The van der Waals surface area contributed by atoms with Crippen molar-refractivity contribution in [3.63, 3.8) is 0 Å². The number of halogens is 2. The molecule has 1 aliphatic rings. The molecule has 0 saturated carbocycles. The van der Waals surface area contributed by atoms with Gasteiger partial charge in [-0.2, -0.15) is 5.10 Å². The summed E-state index contributed by atoms with van der Waals surface area (Å²) in [5.41, 5.74) is 0.588. The fourth-order valence-electron chi connectivity index (χ4n) is 2.38. The van der Waals surface area contributed by atoms with Crippen molar-refractivity contribution in [2.24, 2.45) is 0 Å². The summed E-state index contributed by atoms with van der Waals surface area (Å²) in [7, 11) is 0. The smallest absolute Gasteiger partial charge is 0.290 e. The molecule has 0 radical (unpaired) electrons. The van der Waals surface area contributed by atoms with Crippen molar-refractivity contribution in [1.82, 2.24) is 9.78 Å². The third-order valence-electron chi connectivity index (χ3n) is 3.35. The number of rotatable bonds is 2. The second kappa shape index (κ2) is 5.45. The van der Waals surface area contributed by atoms with Gasteiger partial charge < -0.3 is 4.74 Å². The average Bonchev–Trinajstić information content (AvgIpc) is 2.75. The number of aromatic nitrogens is 2. The number of nitro benzene ring substituents is 1. The minimum Gasteiger partial charge on any atom is -0.356 e. The van der Waals surface area contributed by atoms with Crippen molar-refractivity contribution < 1.29 is 9.66 Å². The van der Waals surface area contributed by atoms with Crippen molar-refractivity contribution in [3.8, 4) is 0 Å². The highest BCUT2D eigenvalue weighted by molar-refractivity contribution is 14.1. The minimum absolute atomic E-state index is 0.104. The van der Waals surface area contributed by atoms with Crippen molar-refractivity contribution in [3.05, 3.63) is 31.0 Å². The summed E-state index contributed by atoms with van der Waals surface area (Å²) in [6.07, 6.45) is 2.82. The van der Waals surface area contributed by atoms with Gasteiger partial charge in [-0.1, -0.05) is 11.6 Å². The molecule has 106 valence electrons. The number of benzene rings is 1. The van der Waals surface area contributed by atoms with Crippen molar-refractivity contribution in [1.29, 1.82) is 0 Å². The molecule has 0 aliphatic carbocycles. The standard InChI is InChI=1S/C12H11ClIN3O3/c13-8-5-7-9(6-10(8)17(18)19)16(15-12(7)14)11-3-1-2-4-20-11/h5-6,11H,1-4H2. The fraction of sp³-hybridized carbons (Fsp3) is 0.417. The Balaban J connectivity index is 2.17. The molecular weight excluding hydrogens is 397 g/mol. The quantitative estimate of drug-likeness (QED) is 0.430. The first-order valence-corrected chi connectivity index (χ1v) is 7.67. The Kier molecular flexibility index (Phi) is 3.83. The Labute approximate surface area is 133 Å². The molecule has 1 aromatic heterocycles. The summed E-state index contributed by atoms with van der Waals surface area (Å²) in [6.45, 7) is 0.693. The lowest BCUT2D eigenvalue weighted by atomic mass is 10.2. The summed E-state index contributed by atoms with van der Waals surface area (Å²) in [5, 5.41) is 16.4. The lowest BCUT2D eigenvalue weighted by Gasteiger charge is -2.23. The average molecular weight is 408 g/mol. The van der Waals surface area contributed by atoms with Crippen LogP contribution in [0.5, 0.6) is 0 Å². The second-order valence-corrected chi connectivity index (χ2v) is 6.06. The molecule has 1 unspecified atom stereocenters. The van der Waals surface area contributed by atoms with Gasteiger partial charge in [0.05, 0.1) is 10.4 Å². The Hall–Kier alpha value is -0.930. The van der Waals surface area contributed by atoms with Crippen LogP contribution in [0.1, 0.15) is 25.5 Å². The molecule has 6 nitrogen and oxygen atoms in total. The normalized spacial score (nSPS) is 19.4. The Morgan fingerprint density at radius 2 is 2.30 bits per heavy atom. The van der Waals surface area contributed by atoms with Gasteiger partial charge in [-0.3, -0.25) is 10.1 Å². The van der Waals surface area contributed by atoms with Crippen LogP contribution in [0.3, 0.4) is 0 Å². The van der Waals surface area contributed by atoms with E-state index in [2.05, 4.69) is 27.7 Å². The molecule has 0 spiro atoms. The van der Waals surface area contributed by atoms with E-state index in [1.54, 1.807) is 10.7 Å². The molecule has 0 amide bonds. The molecule has 0 bridgehead atoms. The zero-order valence-corrected chi connectivity index (χ0v) is 13.3. The Bertz CT molecular complexity index is 682. The highest BCUT2D eigenvalue weighted by Gasteiger charge is 2.23. The van der Waals surface area contributed by atoms with E-state index in [-0.39, 0.29) is 16.9 Å². The van der Waals surface area contributed by atoms with E-state index in [9.17, 15) is 10.1 Å². The van der Waals surface area contributed by atoms with Crippen LogP contribution in [0, 0.1) is 13.8 Å². The van der Waals surface area contributed by atoms with E-state index >= 15 is 0 Å². The van der Waals surface area contributed by atoms with Gasteiger partial charge in [-0.05, 0) is 47.9 Å². The Morgan fingerprint density at radius 1 is 1.50 bits per heavy atom. The monoisotopic (exact) mass is 407 g/mol. The van der Waals surface area contributed by atoms with Gasteiger partial charge in [0.25, 0.3) is 5.69 Å². The highest BCUT2D eigenvalue weighted by atomic mass is 127. The molecule has 0 N–H and O–H groups in total. The molecule has 1 atom stereocenters.